The number of hydrogen-bond donors (Lipinski definition) is 0. The van der Waals surface area contributed by atoms with Crippen molar-refractivity contribution in [1.29, 1.82) is 0 Å². The molecule has 0 aromatic carbocycles. The van der Waals surface area contributed by atoms with Gasteiger partial charge < -0.3 is 9.47 Å². The first-order valence-corrected chi connectivity index (χ1v) is 3.00. The van der Waals surface area contributed by atoms with E-state index >= 15 is 0 Å². The van der Waals surface area contributed by atoms with Gasteiger partial charge in [0.05, 0.1) is 14.2 Å². The second-order valence-electron chi connectivity index (χ2n) is 1.71. The Morgan fingerprint density at radius 3 is 2.00 bits per heavy atom. The summed E-state index contributed by atoms with van der Waals surface area (Å²) < 4.78 is 8.27. The minimum Gasteiger partial charge on any atom is -0.466 e. The molecule has 0 saturated heterocycles. The Labute approximate surface area is 69.0 Å². The Bertz CT molecular complexity index is 228. The summed E-state index contributed by atoms with van der Waals surface area (Å²) in [6.07, 6.45) is 1.64. The predicted octanol–water partition coefficient (Wildman–Crippen LogP) is -0.542. The molecule has 0 unspecified atom stereocenters. The van der Waals surface area contributed by atoms with Gasteiger partial charge in [-0.25, -0.2) is 9.59 Å². The Kier molecular flexibility index (Phi) is 4.36. The standard InChI is InChI=1S/C7H8O5/c1-11-6(9)4-3-5(8)7(10)12-2/h3-4H,1-2H3/b4-3-. The first kappa shape index (κ1) is 10.3. The fourth-order valence-electron chi connectivity index (χ4n) is 0.380. The highest BCUT2D eigenvalue weighted by Gasteiger charge is 2.09. The van der Waals surface area contributed by atoms with Gasteiger partial charge >= 0.3 is 11.9 Å². The lowest BCUT2D eigenvalue weighted by Crippen LogP contribution is -2.12. The molecule has 0 radical (unpaired) electrons. The van der Waals surface area contributed by atoms with E-state index in [2.05, 4.69) is 9.47 Å². The second-order valence-corrected chi connectivity index (χ2v) is 1.71. The highest BCUT2D eigenvalue weighted by Crippen LogP contribution is 1.83. The van der Waals surface area contributed by atoms with Crippen LogP contribution in [0, 0.1) is 0 Å². The molecule has 0 aliphatic carbocycles. The molecule has 5 heteroatoms. The number of carbonyl (C=O) groups is 3. The first-order chi connectivity index (χ1) is 5.61. The van der Waals surface area contributed by atoms with Crippen LogP contribution in [-0.4, -0.2) is 31.9 Å². The molecule has 0 aromatic heterocycles. The van der Waals surface area contributed by atoms with E-state index in [-0.39, 0.29) is 0 Å². The first-order valence-electron chi connectivity index (χ1n) is 3.00. The van der Waals surface area contributed by atoms with Gasteiger partial charge in [0, 0.05) is 12.2 Å². The second kappa shape index (κ2) is 5.06. The van der Waals surface area contributed by atoms with Crippen molar-refractivity contribution in [3.63, 3.8) is 0 Å². The van der Waals surface area contributed by atoms with Crippen LogP contribution in [0.5, 0.6) is 0 Å². The molecule has 0 saturated carbocycles. The summed E-state index contributed by atoms with van der Waals surface area (Å²) in [5.41, 5.74) is 0. The van der Waals surface area contributed by atoms with Crippen LogP contribution in [-0.2, 0) is 23.9 Å². The van der Waals surface area contributed by atoms with Gasteiger partial charge in [0.1, 0.15) is 0 Å². The lowest BCUT2D eigenvalue weighted by molar-refractivity contribution is -0.149. The van der Waals surface area contributed by atoms with Crippen molar-refractivity contribution in [2.45, 2.75) is 0 Å². The normalized spacial score (nSPS) is 9.50. The van der Waals surface area contributed by atoms with Crippen LogP contribution in [0.25, 0.3) is 0 Å². The van der Waals surface area contributed by atoms with E-state index in [0.717, 1.165) is 26.4 Å². The summed E-state index contributed by atoms with van der Waals surface area (Å²) in [5, 5.41) is 0. The van der Waals surface area contributed by atoms with E-state index in [1.54, 1.807) is 0 Å². The van der Waals surface area contributed by atoms with Crippen molar-refractivity contribution < 1.29 is 23.9 Å². The zero-order chi connectivity index (χ0) is 9.56. The van der Waals surface area contributed by atoms with Crippen LogP contribution < -0.4 is 0 Å². The van der Waals surface area contributed by atoms with E-state index in [4.69, 9.17) is 0 Å². The summed E-state index contributed by atoms with van der Waals surface area (Å²) in [6.45, 7) is 0. The van der Waals surface area contributed by atoms with Gasteiger partial charge in [-0.2, -0.15) is 0 Å². The molecule has 0 aliphatic heterocycles. The molecule has 0 fully saturated rings. The molecule has 66 valence electrons. The molecule has 0 bridgehead atoms. The molecule has 0 spiro atoms. The molecular formula is C7H8O5. The summed E-state index contributed by atoms with van der Waals surface area (Å²) in [4.78, 5) is 31.5. The van der Waals surface area contributed by atoms with E-state index in [1.165, 1.54) is 0 Å². The van der Waals surface area contributed by atoms with Crippen LogP contribution in [0.4, 0.5) is 0 Å². The molecule has 0 aliphatic rings. The maximum absolute atomic E-state index is 10.6. The zero-order valence-corrected chi connectivity index (χ0v) is 6.70. The van der Waals surface area contributed by atoms with Gasteiger partial charge in [-0.05, 0) is 0 Å². The number of ketones is 1. The third-order valence-corrected chi connectivity index (χ3v) is 0.959. The fraction of sp³-hybridized carbons (Fsp3) is 0.286. The molecular weight excluding hydrogens is 164 g/mol. The van der Waals surface area contributed by atoms with Crippen molar-refractivity contribution in [3.05, 3.63) is 12.2 Å². The summed E-state index contributed by atoms with van der Waals surface area (Å²) in [5.74, 6) is -2.62. The number of rotatable bonds is 3. The maximum Gasteiger partial charge on any atom is 0.378 e. The average Bonchev–Trinajstić information content (AvgIpc) is 2.11. The minimum atomic E-state index is -1.02. The largest absolute Gasteiger partial charge is 0.466 e. The number of hydrogen-bond acceptors (Lipinski definition) is 5. The topological polar surface area (TPSA) is 69.7 Å². The molecule has 0 atom stereocenters. The van der Waals surface area contributed by atoms with Crippen molar-refractivity contribution in [1.82, 2.24) is 0 Å². The smallest absolute Gasteiger partial charge is 0.378 e. The van der Waals surface area contributed by atoms with Crippen LogP contribution in [0.15, 0.2) is 12.2 Å². The number of esters is 2. The van der Waals surface area contributed by atoms with Crippen LogP contribution >= 0.6 is 0 Å². The van der Waals surface area contributed by atoms with Gasteiger partial charge in [-0.1, -0.05) is 0 Å². The van der Waals surface area contributed by atoms with Crippen molar-refractivity contribution in [2.24, 2.45) is 0 Å². The van der Waals surface area contributed by atoms with Gasteiger partial charge in [-0.3, -0.25) is 4.79 Å². The van der Waals surface area contributed by atoms with Gasteiger partial charge in [0.15, 0.2) is 0 Å². The Morgan fingerprint density at radius 2 is 1.58 bits per heavy atom. The summed E-state index contributed by atoms with van der Waals surface area (Å²) in [6, 6.07) is 0. The third-order valence-electron chi connectivity index (χ3n) is 0.959. The van der Waals surface area contributed by atoms with Crippen LogP contribution in [0.3, 0.4) is 0 Å². The highest BCUT2D eigenvalue weighted by atomic mass is 16.5. The van der Waals surface area contributed by atoms with Gasteiger partial charge in [0.2, 0.25) is 0 Å². The summed E-state index contributed by atoms with van der Waals surface area (Å²) >= 11 is 0. The molecule has 0 aromatic rings. The van der Waals surface area contributed by atoms with E-state index in [0.29, 0.717) is 0 Å². The fourth-order valence-corrected chi connectivity index (χ4v) is 0.380. The van der Waals surface area contributed by atoms with Crippen molar-refractivity contribution in [3.8, 4) is 0 Å². The van der Waals surface area contributed by atoms with E-state index < -0.39 is 17.7 Å². The van der Waals surface area contributed by atoms with Crippen molar-refractivity contribution in [2.75, 3.05) is 14.2 Å². The zero-order valence-electron chi connectivity index (χ0n) is 6.70. The third kappa shape index (κ3) is 3.50. The van der Waals surface area contributed by atoms with E-state index in [9.17, 15) is 14.4 Å². The molecule has 0 heterocycles. The maximum atomic E-state index is 10.6. The minimum absolute atomic E-state index is 0.702. The molecule has 0 N–H and O–H groups in total. The van der Waals surface area contributed by atoms with Crippen molar-refractivity contribution >= 4 is 17.7 Å². The Morgan fingerprint density at radius 1 is 1.00 bits per heavy atom. The number of carbonyl (C=O) groups excluding carboxylic acids is 3. The number of ether oxygens (including phenoxy) is 2. The number of methoxy groups -OCH3 is 2. The average molecular weight is 172 g/mol. The van der Waals surface area contributed by atoms with E-state index in [1.807, 2.05) is 0 Å². The highest BCUT2D eigenvalue weighted by molar-refractivity contribution is 6.38. The molecule has 0 rings (SSSR count). The van der Waals surface area contributed by atoms with Gasteiger partial charge in [-0.15, -0.1) is 0 Å². The quantitative estimate of drug-likeness (QED) is 0.325. The monoisotopic (exact) mass is 172 g/mol. The summed E-state index contributed by atoms with van der Waals surface area (Å²) in [7, 11) is 2.24. The lowest BCUT2D eigenvalue weighted by Gasteiger charge is -1.91. The van der Waals surface area contributed by atoms with Gasteiger partial charge in [0.25, 0.3) is 5.78 Å². The predicted molar refractivity (Wildman–Crippen MR) is 38.2 cm³/mol. The Balaban J connectivity index is 4.09. The lowest BCUT2D eigenvalue weighted by atomic mass is 10.3. The van der Waals surface area contributed by atoms with Crippen LogP contribution in [0.2, 0.25) is 0 Å². The molecule has 12 heavy (non-hydrogen) atoms. The van der Waals surface area contributed by atoms with Crippen LogP contribution in [0.1, 0.15) is 0 Å². The Hall–Kier alpha value is -1.65. The molecule has 0 amide bonds. The molecule has 5 nitrogen and oxygen atoms in total. The SMILES string of the molecule is COC(=O)/C=C\C(=O)C(=O)OC.